The molecule has 1 aromatic heterocycles. The van der Waals surface area contributed by atoms with Crippen LogP contribution in [0, 0.1) is 6.92 Å². The molecule has 0 fully saturated rings. The molecule has 0 atom stereocenters. The maximum absolute atomic E-state index is 12.1. The van der Waals surface area contributed by atoms with Gasteiger partial charge in [-0.15, -0.1) is 24.0 Å². The van der Waals surface area contributed by atoms with Crippen molar-refractivity contribution in [1.82, 2.24) is 16.0 Å². The number of amides is 1. The number of nitrogens with zero attached hydrogens (tertiary/aromatic N) is 1. The van der Waals surface area contributed by atoms with Crippen molar-refractivity contribution in [2.75, 3.05) is 26.2 Å². The number of carbonyl (C=O) groups is 1. The molecule has 0 saturated heterocycles. The minimum Gasteiger partial charge on any atom is -0.469 e. The first-order valence-electron chi connectivity index (χ1n) is 8.58. The maximum Gasteiger partial charge on any atom is 0.251 e. The van der Waals surface area contributed by atoms with Crippen LogP contribution in [0.4, 0.5) is 0 Å². The first-order valence-corrected chi connectivity index (χ1v) is 8.58. The second kappa shape index (κ2) is 12.3. The van der Waals surface area contributed by atoms with Gasteiger partial charge in [0.25, 0.3) is 5.91 Å². The molecular weight excluding hydrogens is 443 g/mol. The quantitative estimate of drug-likeness (QED) is 0.240. The number of aliphatic imine (C=N–C) groups is 1. The summed E-state index contributed by atoms with van der Waals surface area (Å²) < 4.78 is 5.29. The number of furan rings is 1. The minimum atomic E-state index is -0.0646. The molecule has 0 bridgehead atoms. The normalized spacial score (nSPS) is 10.8. The third kappa shape index (κ3) is 7.90. The molecule has 0 aliphatic rings. The number of nitrogens with one attached hydrogen (secondary N) is 3. The number of guanidine groups is 1. The van der Waals surface area contributed by atoms with Crippen LogP contribution in [0.2, 0.25) is 0 Å². The zero-order valence-corrected chi connectivity index (χ0v) is 17.6. The van der Waals surface area contributed by atoms with Crippen LogP contribution in [-0.4, -0.2) is 38.0 Å². The fraction of sp³-hybridized carbons (Fsp3) is 0.368. The summed E-state index contributed by atoms with van der Waals surface area (Å²) in [6.45, 7) is 6.53. The van der Waals surface area contributed by atoms with Gasteiger partial charge < -0.3 is 20.4 Å². The third-order valence-electron chi connectivity index (χ3n) is 3.54. The molecule has 0 saturated carbocycles. The van der Waals surface area contributed by atoms with Crippen molar-refractivity contribution in [3.8, 4) is 0 Å². The van der Waals surface area contributed by atoms with Crippen LogP contribution < -0.4 is 16.0 Å². The Balaban J connectivity index is 0.00000338. The first kappa shape index (κ1) is 22.0. The average molecular weight is 470 g/mol. The molecule has 6 nitrogen and oxygen atoms in total. The van der Waals surface area contributed by atoms with Crippen molar-refractivity contribution in [2.45, 2.75) is 20.3 Å². The lowest BCUT2D eigenvalue weighted by atomic mass is 10.1. The standard InChI is InChI=1S/C19H26N4O2.HI/c1-3-20-19(22-10-9-17-8-5-13-25-17)23-12-11-21-18(24)16-7-4-6-15(2)14-16;/h4-8,13-14H,3,9-12H2,1-2H3,(H,21,24)(H2,20,22,23);1H. The van der Waals surface area contributed by atoms with E-state index in [1.165, 1.54) is 0 Å². The van der Waals surface area contributed by atoms with Crippen LogP contribution >= 0.6 is 24.0 Å². The molecule has 0 spiro atoms. The number of hydrogen-bond acceptors (Lipinski definition) is 3. The molecule has 1 amide bonds. The van der Waals surface area contributed by atoms with Crippen LogP contribution in [0.15, 0.2) is 52.1 Å². The summed E-state index contributed by atoms with van der Waals surface area (Å²) in [4.78, 5) is 16.6. The molecular formula is C19H27IN4O2. The number of halogens is 1. The Bertz CT molecular complexity index is 687. The van der Waals surface area contributed by atoms with Gasteiger partial charge in [-0.05, 0) is 38.1 Å². The van der Waals surface area contributed by atoms with Crippen molar-refractivity contribution >= 4 is 35.8 Å². The maximum atomic E-state index is 12.1. The zero-order chi connectivity index (χ0) is 17.9. The molecule has 1 aromatic carbocycles. The van der Waals surface area contributed by atoms with E-state index in [9.17, 15) is 4.79 Å². The van der Waals surface area contributed by atoms with Crippen molar-refractivity contribution in [2.24, 2.45) is 4.99 Å². The van der Waals surface area contributed by atoms with E-state index in [1.807, 2.05) is 50.2 Å². The third-order valence-corrected chi connectivity index (χ3v) is 3.54. The summed E-state index contributed by atoms with van der Waals surface area (Å²) in [6, 6.07) is 11.4. The average Bonchev–Trinajstić information content (AvgIpc) is 3.12. The monoisotopic (exact) mass is 470 g/mol. The topological polar surface area (TPSA) is 78.7 Å². The van der Waals surface area contributed by atoms with E-state index >= 15 is 0 Å². The molecule has 0 aliphatic heterocycles. The predicted molar refractivity (Wildman–Crippen MR) is 115 cm³/mol. The molecule has 0 unspecified atom stereocenters. The highest BCUT2D eigenvalue weighted by molar-refractivity contribution is 14.0. The van der Waals surface area contributed by atoms with Gasteiger partial charge in [-0.25, -0.2) is 0 Å². The number of rotatable bonds is 8. The van der Waals surface area contributed by atoms with E-state index in [0.717, 1.165) is 30.2 Å². The largest absolute Gasteiger partial charge is 0.469 e. The molecule has 142 valence electrons. The smallest absolute Gasteiger partial charge is 0.251 e. The van der Waals surface area contributed by atoms with Gasteiger partial charge >= 0.3 is 0 Å². The summed E-state index contributed by atoms with van der Waals surface area (Å²) in [6.07, 6.45) is 2.42. The SMILES string of the molecule is CCNC(=NCCc1ccco1)NCCNC(=O)c1cccc(C)c1.I. The molecule has 3 N–H and O–H groups in total. The van der Waals surface area contributed by atoms with Crippen LogP contribution in [0.3, 0.4) is 0 Å². The second-order valence-electron chi connectivity index (χ2n) is 5.64. The second-order valence-corrected chi connectivity index (χ2v) is 5.64. The summed E-state index contributed by atoms with van der Waals surface area (Å²) in [5.41, 5.74) is 1.75. The fourth-order valence-electron chi connectivity index (χ4n) is 2.32. The summed E-state index contributed by atoms with van der Waals surface area (Å²) in [5.74, 6) is 1.59. The number of benzene rings is 1. The van der Waals surface area contributed by atoms with Gasteiger partial charge in [0, 0.05) is 38.2 Å². The zero-order valence-electron chi connectivity index (χ0n) is 15.2. The number of hydrogen-bond donors (Lipinski definition) is 3. The lowest BCUT2D eigenvalue weighted by Gasteiger charge is -2.12. The van der Waals surface area contributed by atoms with Gasteiger partial charge in [0.2, 0.25) is 0 Å². The molecule has 7 heteroatoms. The summed E-state index contributed by atoms with van der Waals surface area (Å²) in [7, 11) is 0. The highest BCUT2D eigenvalue weighted by atomic mass is 127. The van der Waals surface area contributed by atoms with Crippen LogP contribution in [-0.2, 0) is 6.42 Å². The van der Waals surface area contributed by atoms with Gasteiger partial charge in [0.15, 0.2) is 5.96 Å². The minimum absolute atomic E-state index is 0. The highest BCUT2D eigenvalue weighted by Crippen LogP contribution is 2.03. The Morgan fingerprint density at radius 1 is 1.12 bits per heavy atom. The van der Waals surface area contributed by atoms with E-state index in [4.69, 9.17) is 4.42 Å². The molecule has 2 aromatic rings. The lowest BCUT2D eigenvalue weighted by Crippen LogP contribution is -2.41. The number of carbonyl (C=O) groups excluding carboxylic acids is 1. The molecule has 26 heavy (non-hydrogen) atoms. The lowest BCUT2D eigenvalue weighted by molar-refractivity contribution is 0.0954. The van der Waals surface area contributed by atoms with Gasteiger partial charge in [-0.3, -0.25) is 9.79 Å². The van der Waals surface area contributed by atoms with Gasteiger partial charge in [0.05, 0.1) is 6.26 Å². The van der Waals surface area contributed by atoms with Crippen LogP contribution in [0.25, 0.3) is 0 Å². The Morgan fingerprint density at radius 3 is 2.62 bits per heavy atom. The summed E-state index contributed by atoms with van der Waals surface area (Å²) >= 11 is 0. The van der Waals surface area contributed by atoms with E-state index < -0.39 is 0 Å². The molecule has 1 heterocycles. The Hall–Kier alpha value is -2.03. The molecule has 0 radical (unpaired) electrons. The Kier molecular flexibility index (Phi) is 10.5. The van der Waals surface area contributed by atoms with E-state index in [2.05, 4.69) is 20.9 Å². The van der Waals surface area contributed by atoms with Crippen molar-refractivity contribution < 1.29 is 9.21 Å². The van der Waals surface area contributed by atoms with Gasteiger partial charge in [-0.1, -0.05) is 17.7 Å². The van der Waals surface area contributed by atoms with Crippen molar-refractivity contribution in [3.05, 3.63) is 59.5 Å². The Labute approximate surface area is 171 Å². The predicted octanol–water partition coefficient (Wildman–Crippen LogP) is 2.73. The first-order chi connectivity index (χ1) is 12.2. The van der Waals surface area contributed by atoms with E-state index in [0.29, 0.717) is 25.2 Å². The van der Waals surface area contributed by atoms with Gasteiger partial charge in [-0.2, -0.15) is 0 Å². The van der Waals surface area contributed by atoms with E-state index in [-0.39, 0.29) is 29.9 Å². The highest BCUT2D eigenvalue weighted by Gasteiger charge is 2.04. The number of aryl methyl sites for hydroxylation is 1. The van der Waals surface area contributed by atoms with Gasteiger partial charge in [0.1, 0.15) is 5.76 Å². The van der Waals surface area contributed by atoms with Crippen LogP contribution in [0.5, 0.6) is 0 Å². The fourth-order valence-corrected chi connectivity index (χ4v) is 2.32. The molecule has 0 aliphatic carbocycles. The van der Waals surface area contributed by atoms with Crippen molar-refractivity contribution in [1.29, 1.82) is 0 Å². The summed E-state index contributed by atoms with van der Waals surface area (Å²) in [5, 5.41) is 9.30. The Morgan fingerprint density at radius 2 is 1.92 bits per heavy atom. The molecule has 2 rings (SSSR count). The van der Waals surface area contributed by atoms with Crippen molar-refractivity contribution in [3.63, 3.8) is 0 Å². The van der Waals surface area contributed by atoms with Crippen LogP contribution in [0.1, 0.15) is 28.6 Å². The van der Waals surface area contributed by atoms with E-state index in [1.54, 1.807) is 6.26 Å².